The molecule has 0 rings (SSSR count). The van der Waals surface area contributed by atoms with Gasteiger partial charge in [-0.2, -0.15) is 0 Å². The third-order valence-electron chi connectivity index (χ3n) is 15.9. The molecule has 0 saturated heterocycles. The summed E-state index contributed by atoms with van der Waals surface area (Å²) in [5.74, 6) is -0.0389. The number of ether oxygens (including phenoxy) is 1. The molecule has 0 radical (unpaired) electrons. The molecule has 0 aromatic heterocycles. The molecule has 0 aromatic carbocycles. The summed E-state index contributed by atoms with van der Waals surface area (Å²) in [4.78, 5) is 24.6. The Bertz CT molecular complexity index is 1290. The van der Waals surface area contributed by atoms with Gasteiger partial charge in [-0.15, -0.1) is 0 Å². The lowest BCUT2D eigenvalue weighted by atomic mass is 10.0. The maximum absolute atomic E-state index is 12.5. The number of esters is 1. The zero-order chi connectivity index (χ0) is 55.7. The average molecular weight is 1080 g/mol. The van der Waals surface area contributed by atoms with Crippen LogP contribution >= 0.6 is 0 Å². The largest absolute Gasteiger partial charge is 0.466 e. The third-order valence-corrected chi connectivity index (χ3v) is 15.9. The lowest BCUT2D eigenvalue weighted by molar-refractivity contribution is -0.143. The maximum atomic E-state index is 12.5. The van der Waals surface area contributed by atoms with Crippen molar-refractivity contribution in [1.29, 1.82) is 0 Å². The van der Waals surface area contributed by atoms with Gasteiger partial charge in [0, 0.05) is 12.8 Å². The first-order chi connectivity index (χ1) is 38.0. The molecule has 0 aliphatic rings. The summed E-state index contributed by atoms with van der Waals surface area (Å²) >= 11 is 0. The Morgan fingerprint density at radius 1 is 0.364 bits per heavy atom. The number of unbranched alkanes of at least 4 members (excludes halogenated alkanes) is 45. The van der Waals surface area contributed by atoms with Gasteiger partial charge in [-0.25, -0.2) is 0 Å². The first kappa shape index (κ1) is 74.8. The highest BCUT2D eigenvalue weighted by Gasteiger charge is 2.20. The van der Waals surface area contributed by atoms with Crippen molar-refractivity contribution in [2.75, 3.05) is 13.2 Å². The van der Waals surface area contributed by atoms with Crippen LogP contribution in [0.15, 0.2) is 48.6 Å². The molecule has 0 fully saturated rings. The fourth-order valence-corrected chi connectivity index (χ4v) is 10.6. The molecule has 1 amide bonds. The van der Waals surface area contributed by atoms with E-state index in [-0.39, 0.29) is 18.5 Å². The fraction of sp³-hybridized carbons (Fsp3) is 0.859. The molecule has 77 heavy (non-hydrogen) atoms. The van der Waals surface area contributed by atoms with E-state index in [2.05, 4.69) is 67.8 Å². The fourth-order valence-electron chi connectivity index (χ4n) is 10.6. The number of nitrogens with one attached hydrogen (secondary N) is 1. The Labute approximate surface area is 480 Å². The lowest BCUT2D eigenvalue weighted by Gasteiger charge is -2.22. The molecular formula is C71H133NO5. The Hall–Kier alpha value is -2.18. The van der Waals surface area contributed by atoms with Crippen molar-refractivity contribution in [3.63, 3.8) is 0 Å². The third kappa shape index (κ3) is 62.9. The molecule has 2 unspecified atom stereocenters. The highest BCUT2D eigenvalue weighted by atomic mass is 16.5. The second-order valence-corrected chi connectivity index (χ2v) is 23.5. The second-order valence-electron chi connectivity index (χ2n) is 23.5. The Morgan fingerprint density at radius 3 is 1.01 bits per heavy atom. The van der Waals surface area contributed by atoms with Crippen molar-refractivity contribution in [1.82, 2.24) is 5.32 Å². The summed E-state index contributed by atoms with van der Waals surface area (Å²) < 4.78 is 5.48. The summed E-state index contributed by atoms with van der Waals surface area (Å²) in [6.07, 6.45) is 85.7. The van der Waals surface area contributed by atoms with Gasteiger partial charge < -0.3 is 20.3 Å². The van der Waals surface area contributed by atoms with Crippen LogP contribution in [0, 0.1) is 0 Å². The van der Waals surface area contributed by atoms with Crippen LogP contribution in [0.3, 0.4) is 0 Å². The molecule has 0 aliphatic heterocycles. The Morgan fingerprint density at radius 2 is 0.649 bits per heavy atom. The highest BCUT2D eigenvalue weighted by molar-refractivity contribution is 5.76. The molecule has 452 valence electrons. The zero-order valence-corrected chi connectivity index (χ0v) is 51.7. The van der Waals surface area contributed by atoms with Crippen LogP contribution in [0.1, 0.15) is 367 Å². The minimum Gasteiger partial charge on any atom is -0.466 e. The number of hydrogen-bond acceptors (Lipinski definition) is 5. The van der Waals surface area contributed by atoms with Gasteiger partial charge in [-0.1, -0.05) is 313 Å². The van der Waals surface area contributed by atoms with E-state index in [0.29, 0.717) is 25.9 Å². The van der Waals surface area contributed by atoms with Crippen molar-refractivity contribution in [3.8, 4) is 0 Å². The molecule has 0 aromatic rings. The predicted octanol–water partition coefficient (Wildman–Crippen LogP) is 22.1. The van der Waals surface area contributed by atoms with Gasteiger partial charge in [-0.3, -0.25) is 9.59 Å². The molecule has 0 aliphatic carbocycles. The van der Waals surface area contributed by atoms with Crippen molar-refractivity contribution < 1.29 is 24.5 Å². The average Bonchev–Trinajstić information content (AvgIpc) is 3.43. The van der Waals surface area contributed by atoms with Gasteiger partial charge in [0.15, 0.2) is 0 Å². The van der Waals surface area contributed by atoms with Crippen LogP contribution in [0.25, 0.3) is 0 Å². The maximum Gasteiger partial charge on any atom is 0.305 e. The molecule has 0 bridgehead atoms. The first-order valence-corrected chi connectivity index (χ1v) is 34.4. The summed E-state index contributed by atoms with van der Waals surface area (Å²) in [6, 6.07) is -0.545. The predicted molar refractivity (Wildman–Crippen MR) is 338 cm³/mol. The number of allylic oxidation sites excluding steroid dienone is 8. The molecule has 2 atom stereocenters. The molecule has 0 spiro atoms. The van der Waals surface area contributed by atoms with E-state index in [1.807, 2.05) is 0 Å². The molecule has 6 heteroatoms. The minimum absolute atomic E-state index is 0.00331. The van der Waals surface area contributed by atoms with Crippen LogP contribution in [0.4, 0.5) is 0 Å². The number of carbonyl (C=O) groups is 2. The standard InChI is InChI=1S/C71H133NO5/c1-3-5-7-9-11-13-15-17-19-20-32-36-39-43-47-51-55-59-63-69(74)68(67-73)72-70(75)64-60-56-52-48-44-40-37-33-30-28-26-24-22-21-23-25-27-29-31-34-38-42-46-50-54-58-62-66-77-71(76)65-61-57-53-49-45-41-35-18-16-14-12-10-8-6-4-2/h12,14,18,21-22,25,27,35,68-69,73-74H,3-11,13,15-17,19-20,23-24,26,28-34,36-67H2,1-2H3,(H,72,75)/b14-12-,22-21-,27-25-,35-18-. The van der Waals surface area contributed by atoms with E-state index in [0.717, 1.165) is 57.8 Å². The normalized spacial score (nSPS) is 12.8. The van der Waals surface area contributed by atoms with E-state index < -0.39 is 12.1 Å². The zero-order valence-electron chi connectivity index (χ0n) is 51.7. The van der Waals surface area contributed by atoms with Gasteiger partial charge in [-0.05, 0) is 89.9 Å². The Balaban J connectivity index is 3.43. The number of carbonyl (C=O) groups excluding carboxylic acids is 2. The minimum atomic E-state index is -0.668. The number of aliphatic hydroxyl groups is 2. The van der Waals surface area contributed by atoms with E-state index in [4.69, 9.17) is 4.74 Å². The number of hydrogen-bond donors (Lipinski definition) is 3. The van der Waals surface area contributed by atoms with Gasteiger partial charge >= 0.3 is 5.97 Å². The molecule has 3 N–H and O–H groups in total. The van der Waals surface area contributed by atoms with Crippen LogP contribution in [0.2, 0.25) is 0 Å². The van der Waals surface area contributed by atoms with Crippen molar-refractivity contribution >= 4 is 11.9 Å². The van der Waals surface area contributed by atoms with E-state index in [1.54, 1.807) is 0 Å². The van der Waals surface area contributed by atoms with E-state index >= 15 is 0 Å². The molecular weight excluding hydrogens is 947 g/mol. The summed E-state index contributed by atoms with van der Waals surface area (Å²) in [7, 11) is 0. The van der Waals surface area contributed by atoms with Crippen LogP contribution in [0.5, 0.6) is 0 Å². The molecule has 0 saturated carbocycles. The van der Waals surface area contributed by atoms with Crippen molar-refractivity contribution in [2.24, 2.45) is 0 Å². The number of aliphatic hydroxyl groups excluding tert-OH is 2. The van der Waals surface area contributed by atoms with E-state index in [1.165, 1.54) is 276 Å². The van der Waals surface area contributed by atoms with E-state index in [9.17, 15) is 19.8 Å². The topological polar surface area (TPSA) is 95.9 Å². The smallest absolute Gasteiger partial charge is 0.305 e. The molecule has 0 heterocycles. The summed E-state index contributed by atoms with van der Waals surface area (Å²) in [5.41, 5.74) is 0. The quantitative estimate of drug-likeness (QED) is 0.0320. The van der Waals surface area contributed by atoms with Crippen LogP contribution < -0.4 is 5.32 Å². The molecule has 6 nitrogen and oxygen atoms in total. The highest BCUT2D eigenvalue weighted by Crippen LogP contribution is 2.18. The monoisotopic (exact) mass is 1080 g/mol. The SMILES string of the molecule is CCCCC/C=C\C/C=C\CCCCCCCC(=O)OCCCCCCCCCCC/C=C\C/C=C\CCCCCCCCCCCCCC(=O)NC(CO)C(O)CCCCCCCCCCCCCCCCCCCC. The van der Waals surface area contributed by atoms with Crippen molar-refractivity contribution in [2.45, 2.75) is 379 Å². The number of rotatable bonds is 64. The van der Waals surface area contributed by atoms with Gasteiger partial charge in [0.2, 0.25) is 5.91 Å². The van der Waals surface area contributed by atoms with Gasteiger partial charge in [0.25, 0.3) is 0 Å². The van der Waals surface area contributed by atoms with Crippen LogP contribution in [-0.4, -0.2) is 47.4 Å². The van der Waals surface area contributed by atoms with Crippen molar-refractivity contribution in [3.05, 3.63) is 48.6 Å². The summed E-state index contributed by atoms with van der Waals surface area (Å²) in [5, 5.41) is 23.4. The van der Waals surface area contributed by atoms with Gasteiger partial charge in [0.05, 0.1) is 25.4 Å². The van der Waals surface area contributed by atoms with Crippen LogP contribution in [-0.2, 0) is 14.3 Å². The first-order valence-electron chi connectivity index (χ1n) is 34.4. The lowest BCUT2D eigenvalue weighted by Crippen LogP contribution is -2.45. The second kappa shape index (κ2) is 66.3. The van der Waals surface area contributed by atoms with Gasteiger partial charge in [0.1, 0.15) is 0 Å². The number of amides is 1. The Kier molecular flexibility index (Phi) is 64.5. The summed E-state index contributed by atoms with van der Waals surface area (Å²) in [6.45, 7) is 4.94.